The van der Waals surface area contributed by atoms with E-state index >= 15 is 0 Å². The maximum Gasteiger partial charge on any atom is 0.276 e. The zero-order valence-electron chi connectivity index (χ0n) is 16.0. The fourth-order valence-electron chi connectivity index (χ4n) is 3.60. The number of amides is 2. The molecule has 28 heavy (non-hydrogen) atoms. The molecule has 0 radical (unpaired) electrons. The number of aromatic nitrogens is 3. The first-order valence-corrected chi connectivity index (χ1v) is 10.3. The van der Waals surface area contributed by atoms with Crippen molar-refractivity contribution in [2.24, 2.45) is 13.0 Å². The number of nitrogens with one attached hydrogen (secondary N) is 2. The van der Waals surface area contributed by atoms with Crippen molar-refractivity contribution in [2.75, 3.05) is 10.6 Å². The molecule has 1 fully saturated rings. The summed E-state index contributed by atoms with van der Waals surface area (Å²) in [5, 5.41) is 11.0. The third-order valence-electron chi connectivity index (χ3n) is 5.09. The van der Waals surface area contributed by atoms with Crippen LogP contribution in [0.15, 0.2) is 24.3 Å². The molecule has 2 amide bonds. The monoisotopic (exact) mass is 397 g/mol. The quantitative estimate of drug-likeness (QED) is 0.693. The van der Waals surface area contributed by atoms with Crippen molar-refractivity contribution in [3.63, 3.8) is 0 Å². The second-order valence-corrected chi connectivity index (χ2v) is 8.47. The van der Waals surface area contributed by atoms with E-state index in [1.54, 1.807) is 24.5 Å². The van der Waals surface area contributed by atoms with Crippen molar-refractivity contribution >= 4 is 44.9 Å². The van der Waals surface area contributed by atoms with Crippen molar-refractivity contribution in [1.29, 1.82) is 0 Å². The van der Waals surface area contributed by atoms with E-state index in [9.17, 15) is 9.59 Å². The van der Waals surface area contributed by atoms with Crippen molar-refractivity contribution in [2.45, 2.75) is 39.0 Å². The van der Waals surface area contributed by atoms with Crippen LogP contribution in [0.3, 0.4) is 0 Å². The lowest BCUT2D eigenvalue weighted by Crippen LogP contribution is -2.25. The lowest BCUT2D eigenvalue weighted by atomic mass is 9.89. The first-order valence-electron chi connectivity index (χ1n) is 9.53. The van der Waals surface area contributed by atoms with Gasteiger partial charge in [-0.3, -0.25) is 14.3 Å². The van der Waals surface area contributed by atoms with E-state index in [2.05, 4.69) is 20.7 Å². The van der Waals surface area contributed by atoms with Gasteiger partial charge in [0.2, 0.25) is 5.91 Å². The molecule has 146 valence electrons. The van der Waals surface area contributed by atoms with Crippen molar-refractivity contribution in [1.82, 2.24) is 14.8 Å². The summed E-state index contributed by atoms with van der Waals surface area (Å²) in [7, 11) is 1.72. The van der Waals surface area contributed by atoms with Crippen LogP contribution in [0.2, 0.25) is 0 Å². The number of hydrogen-bond donors (Lipinski definition) is 2. The SMILES string of the molecule is Cc1nc2ccc(NC(=O)c3cc(NC(=O)C4CCCCC4)n(C)n3)cc2s1. The van der Waals surface area contributed by atoms with Gasteiger partial charge < -0.3 is 10.6 Å². The van der Waals surface area contributed by atoms with Gasteiger partial charge in [0.25, 0.3) is 5.91 Å². The Morgan fingerprint density at radius 2 is 1.93 bits per heavy atom. The molecule has 2 N–H and O–H groups in total. The highest BCUT2D eigenvalue weighted by Gasteiger charge is 2.23. The highest BCUT2D eigenvalue weighted by molar-refractivity contribution is 7.18. The minimum absolute atomic E-state index is 0.0145. The van der Waals surface area contributed by atoms with Crippen LogP contribution in [0.1, 0.15) is 47.6 Å². The van der Waals surface area contributed by atoms with Gasteiger partial charge in [0, 0.05) is 24.7 Å². The van der Waals surface area contributed by atoms with E-state index < -0.39 is 0 Å². The second-order valence-electron chi connectivity index (χ2n) is 7.23. The number of anilines is 2. The van der Waals surface area contributed by atoms with Gasteiger partial charge in [-0.05, 0) is 38.0 Å². The minimum Gasteiger partial charge on any atom is -0.321 e. The number of aryl methyl sites for hydroxylation is 2. The first-order chi connectivity index (χ1) is 13.5. The summed E-state index contributed by atoms with van der Waals surface area (Å²) >= 11 is 1.59. The molecule has 0 unspecified atom stereocenters. The lowest BCUT2D eigenvalue weighted by Gasteiger charge is -2.20. The topological polar surface area (TPSA) is 88.9 Å². The number of carbonyl (C=O) groups excluding carboxylic acids is 2. The molecule has 0 atom stereocenters. The van der Waals surface area contributed by atoms with E-state index in [-0.39, 0.29) is 23.4 Å². The number of benzene rings is 1. The lowest BCUT2D eigenvalue weighted by molar-refractivity contribution is -0.120. The van der Waals surface area contributed by atoms with Crippen LogP contribution < -0.4 is 10.6 Å². The van der Waals surface area contributed by atoms with E-state index in [1.807, 2.05) is 25.1 Å². The molecular weight excluding hydrogens is 374 g/mol. The largest absolute Gasteiger partial charge is 0.321 e. The van der Waals surface area contributed by atoms with Gasteiger partial charge in [0.05, 0.1) is 15.2 Å². The van der Waals surface area contributed by atoms with Gasteiger partial charge >= 0.3 is 0 Å². The summed E-state index contributed by atoms with van der Waals surface area (Å²) in [6.45, 7) is 1.96. The van der Waals surface area contributed by atoms with Gasteiger partial charge in [0.1, 0.15) is 5.82 Å². The second kappa shape index (κ2) is 7.71. The molecule has 2 aromatic heterocycles. The highest BCUT2D eigenvalue weighted by atomic mass is 32.1. The summed E-state index contributed by atoms with van der Waals surface area (Å²) in [4.78, 5) is 29.5. The maximum absolute atomic E-state index is 12.6. The van der Waals surface area contributed by atoms with Crippen LogP contribution in [-0.2, 0) is 11.8 Å². The van der Waals surface area contributed by atoms with Gasteiger partial charge in [-0.25, -0.2) is 4.98 Å². The number of hydrogen-bond acceptors (Lipinski definition) is 5. The molecule has 1 aliphatic rings. The average molecular weight is 398 g/mol. The zero-order chi connectivity index (χ0) is 19.7. The van der Waals surface area contributed by atoms with Crippen LogP contribution in [0, 0.1) is 12.8 Å². The van der Waals surface area contributed by atoms with Crippen LogP contribution in [0.4, 0.5) is 11.5 Å². The molecule has 0 bridgehead atoms. The molecular formula is C20H23N5O2S. The van der Waals surface area contributed by atoms with E-state index in [0.717, 1.165) is 40.9 Å². The van der Waals surface area contributed by atoms with Crippen LogP contribution >= 0.6 is 11.3 Å². The predicted octanol–water partition coefficient (Wildman–Crippen LogP) is 4.11. The Balaban J connectivity index is 1.45. The molecule has 1 aliphatic carbocycles. The number of carbonyl (C=O) groups is 2. The molecule has 4 rings (SSSR count). The van der Waals surface area contributed by atoms with Gasteiger partial charge in [-0.1, -0.05) is 19.3 Å². The molecule has 0 saturated heterocycles. The third-order valence-corrected chi connectivity index (χ3v) is 6.03. The zero-order valence-corrected chi connectivity index (χ0v) is 16.8. The number of fused-ring (bicyclic) bond motifs is 1. The standard InChI is InChI=1S/C20H23N5O2S/c1-12-21-15-9-8-14(10-17(15)28-12)22-20(27)16-11-18(25(2)24-16)23-19(26)13-6-4-3-5-7-13/h8-11,13H,3-7H2,1-2H3,(H,22,27)(H,23,26). The normalized spacial score (nSPS) is 14.9. The Hall–Kier alpha value is -2.74. The number of rotatable bonds is 4. The fourth-order valence-corrected chi connectivity index (χ4v) is 4.47. The Kier molecular flexibility index (Phi) is 5.13. The summed E-state index contributed by atoms with van der Waals surface area (Å²) in [6.07, 6.45) is 5.25. The third kappa shape index (κ3) is 3.91. The Morgan fingerprint density at radius 3 is 2.71 bits per heavy atom. The Labute approximate surface area is 167 Å². The molecule has 8 heteroatoms. The number of nitrogens with zero attached hydrogens (tertiary/aromatic N) is 3. The fraction of sp³-hybridized carbons (Fsp3) is 0.400. The predicted molar refractivity (Wildman–Crippen MR) is 111 cm³/mol. The van der Waals surface area contributed by atoms with Crippen molar-refractivity contribution in [3.8, 4) is 0 Å². The average Bonchev–Trinajstić information content (AvgIpc) is 3.24. The molecule has 7 nitrogen and oxygen atoms in total. The molecule has 1 aromatic carbocycles. The summed E-state index contributed by atoms with van der Waals surface area (Å²) in [5.41, 5.74) is 1.88. The summed E-state index contributed by atoms with van der Waals surface area (Å²) in [5.74, 6) is 0.291. The van der Waals surface area contributed by atoms with Crippen molar-refractivity contribution in [3.05, 3.63) is 35.0 Å². The minimum atomic E-state index is -0.311. The van der Waals surface area contributed by atoms with E-state index in [4.69, 9.17) is 0 Å². The Morgan fingerprint density at radius 1 is 1.14 bits per heavy atom. The van der Waals surface area contributed by atoms with Gasteiger partial charge in [0.15, 0.2) is 5.69 Å². The molecule has 1 saturated carbocycles. The molecule has 0 spiro atoms. The number of thiazole rings is 1. The van der Waals surface area contributed by atoms with E-state index in [0.29, 0.717) is 11.5 Å². The van der Waals surface area contributed by atoms with Crippen LogP contribution in [0.5, 0.6) is 0 Å². The van der Waals surface area contributed by atoms with Crippen LogP contribution in [-0.4, -0.2) is 26.6 Å². The maximum atomic E-state index is 12.6. The highest BCUT2D eigenvalue weighted by Crippen LogP contribution is 2.26. The van der Waals surface area contributed by atoms with Crippen LogP contribution in [0.25, 0.3) is 10.2 Å². The van der Waals surface area contributed by atoms with Gasteiger partial charge in [-0.2, -0.15) is 5.10 Å². The van der Waals surface area contributed by atoms with Crippen molar-refractivity contribution < 1.29 is 9.59 Å². The molecule has 2 heterocycles. The van der Waals surface area contributed by atoms with Gasteiger partial charge in [-0.15, -0.1) is 11.3 Å². The molecule has 3 aromatic rings. The first kappa shape index (κ1) is 18.6. The van der Waals surface area contributed by atoms with E-state index in [1.165, 1.54) is 11.1 Å². The molecule has 0 aliphatic heterocycles. The summed E-state index contributed by atoms with van der Waals surface area (Å²) < 4.78 is 2.56. The smallest absolute Gasteiger partial charge is 0.276 e. The Bertz CT molecular complexity index is 1030. The summed E-state index contributed by atoms with van der Waals surface area (Å²) in [6, 6.07) is 7.24.